The van der Waals surface area contributed by atoms with Crippen LogP contribution in [0.5, 0.6) is 69.0 Å². The molecule has 1 aliphatic heterocycles. The number of aromatic hydroxyl groups is 11. The molecule has 0 aromatic heterocycles. The summed E-state index contributed by atoms with van der Waals surface area (Å²) in [5.74, 6) is -8.23. The fourth-order valence-electron chi connectivity index (χ4n) is 4.71. The number of carbonyl (C=O) groups excluding carboxylic acids is 2. The van der Waals surface area contributed by atoms with Crippen LogP contribution in [0.2, 0.25) is 0 Å². The number of amides is 1. The highest BCUT2D eigenvalue weighted by atomic mass is 16.6. The van der Waals surface area contributed by atoms with Crippen LogP contribution in [0.4, 0.5) is 0 Å². The van der Waals surface area contributed by atoms with Gasteiger partial charge in [0.15, 0.2) is 52.1 Å². The van der Waals surface area contributed by atoms with E-state index in [1.807, 2.05) is 0 Å². The number of ether oxygens (including phenoxy) is 2. The number of hydrogen-bond acceptors (Lipinski definition) is 18. The Labute approximate surface area is 286 Å². The van der Waals surface area contributed by atoms with Crippen molar-refractivity contribution in [3.63, 3.8) is 0 Å². The summed E-state index contributed by atoms with van der Waals surface area (Å²) in [5.41, 5.74) is 10.2. The van der Waals surface area contributed by atoms with Crippen LogP contribution in [0.3, 0.4) is 0 Å². The van der Waals surface area contributed by atoms with Crippen molar-refractivity contribution in [1.82, 2.24) is 10.9 Å². The highest BCUT2D eigenvalue weighted by Gasteiger charge is 2.37. The molecule has 0 fully saturated rings. The summed E-state index contributed by atoms with van der Waals surface area (Å²) in [4.78, 5) is 23.9. The molecule has 4 aromatic rings. The van der Waals surface area contributed by atoms with Crippen LogP contribution in [-0.2, 0) is 22.5 Å². The lowest BCUT2D eigenvalue weighted by molar-refractivity contribution is -0.124. The van der Waals surface area contributed by atoms with Crippen molar-refractivity contribution in [3.05, 3.63) is 70.8 Å². The first-order valence-electron chi connectivity index (χ1n) is 14.6. The maximum atomic E-state index is 12.7. The summed E-state index contributed by atoms with van der Waals surface area (Å²) in [5, 5.41) is 115. The minimum Gasteiger partial charge on any atom is -0.508 e. The van der Waals surface area contributed by atoms with E-state index in [4.69, 9.17) is 25.4 Å². The van der Waals surface area contributed by atoms with E-state index in [1.54, 1.807) is 0 Å². The van der Waals surface area contributed by atoms with Crippen LogP contribution in [0.25, 0.3) is 0 Å². The number of aliphatic hydroxyl groups excluding tert-OH is 1. The van der Waals surface area contributed by atoms with E-state index >= 15 is 0 Å². The minimum atomic E-state index is -1.18. The molecule has 4 aromatic carbocycles. The topological polar surface area (TPSA) is 345 Å². The minimum absolute atomic E-state index is 0.00353. The molecule has 0 saturated carbocycles. The van der Waals surface area contributed by atoms with E-state index in [0.29, 0.717) is 0 Å². The Morgan fingerprint density at radius 2 is 1.35 bits per heavy atom. The van der Waals surface area contributed by atoms with Crippen LogP contribution in [-0.4, -0.2) is 91.9 Å². The molecule has 272 valence electrons. The van der Waals surface area contributed by atoms with Gasteiger partial charge in [0.25, 0.3) is 5.91 Å². The van der Waals surface area contributed by atoms with E-state index < -0.39 is 88.5 Å². The lowest BCUT2D eigenvalue weighted by Crippen LogP contribution is -2.48. The monoisotopic (exact) mass is 715 g/mol. The van der Waals surface area contributed by atoms with Crippen LogP contribution in [0, 0.1) is 0 Å². The third kappa shape index (κ3) is 8.31. The summed E-state index contributed by atoms with van der Waals surface area (Å²) in [6.07, 6.45) is -2.49. The largest absolute Gasteiger partial charge is 0.508 e. The van der Waals surface area contributed by atoms with Crippen molar-refractivity contribution in [3.8, 4) is 69.0 Å². The molecule has 51 heavy (non-hydrogen) atoms. The molecule has 0 radical (unpaired) electrons. The van der Waals surface area contributed by atoms with Crippen molar-refractivity contribution in [2.45, 2.75) is 31.2 Å². The van der Waals surface area contributed by atoms with Gasteiger partial charge in [0, 0.05) is 41.8 Å². The average Bonchev–Trinajstić information content (AvgIpc) is 3.08. The number of aliphatic hydroxyl groups is 1. The van der Waals surface area contributed by atoms with Gasteiger partial charge in [-0.15, -0.1) is 0 Å². The SMILES string of the molecule is NC(CO)C(=O)NNCc1ccc(O)c(O)c1O.O=C(O[C@@H]1Cc2c(O)cc(O)cc2O[C@@H]1c1cc(O)c(O)c(O)c1)c1cc(O)c(O)c(O)c1. The maximum Gasteiger partial charge on any atom is 0.338 e. The van der Waals surface area contributed by atoms with Gasteiger partial charge in [-0.3, -0.25) is 10.2 Å². The van der Waals surface area contributed by atoms with Crippen molar-refractivity contribution in [2.24, 2.45) is 5.73 Å². The first-order valence-corrected chi connectivity index (χ1v) is 14.6. The Bertz CT molecular complexity index is 1910. The van der Waals surface area contributed by atoms with E-state index in [2.05, 4.69) is 10.9 Å². The molecule has 1 unspecified atom stereocenters. The van der Waals surface area contributed by atoms with Gasteiger partial charge in [-0.25, -0.2) is 10.2 Å². The second-order valence-electron chi connectivity index (χ2n) is 11.0. The van der Waals surface area contributed by atoms with Crippen LogP contribution >= 0.6 is 0 Å². The molecule has 19 heteroatoms. The van der Waals surface area contributed by atoms with E-state index in [9.17, 15) is 60.7 Å². The lowest BCUT2D eigenvalue weighted by Gasteiger charge is -2.34. The van der Waals surface area contributed by atoms with E-state index in [-0.39, 0.29) is 52.5 Å². The number of esters is 1. The molecule has 19 nitrogen and oxygen atoms in total. The smallest absolute Gasteiger partial charge is 0.338 e. The van der Waals surface area contributed by atoms with Crippen molar-refractivity contribution < 1.29 is 80.3 Å². The summed E-state index contributed by atoms with van der Waals surface area (Å²) in [7, 11) is 0. The molecule has 16 N–H and O–H groups in total. The Kier molecular flexibility index (Phi) is 11.1. The Morgan fingerprint density at radius 1 is 0.765 bits per heavy atom. The molecular weight excluding hydrogens is 682 g/mol. The fraction of sp³-hybridized carbons (Fsp3) is 0.188. The number of benzene rings is 4. The number of nitrogens with one attached hydrogen (secondary N) is 2. The average molecular weight is 716 g/mol. The van der Waals surface area contributed by atoms with E-state index in [0.717, 1.165) is 30.3 Å². The number of nitrogens with two attached hydrogens (primary N) is 1. The summed E-state index contributed by atoms with van der Waals surface area (Å²) >= 11 is 0. The van der Waals surface area contributed by atoms with Gasteiger partial charge in [-0.2, -0.15) is 0 Å². The molecule has 0 aliphatic carbocycles. The zero-order chi connectivity index (χ0) is 37.7. The highest BCUT2D eigenvalue weighted by molar-refractivity contribution is 5.91. The summed E-state index contributed by atoms with van der Waals surface area (Å²) in [6.45, 7) is -0.484. The number of phenolic OH excluding ortho intramolecular Hbond substituents is 11. The number of hydrazine groups is 1. The zero-order valence-electron chi connectivity index (χ0n) is 26.0. The predicted octanol–water partition coefficient (Wildman–Crippen LogP) is 0.477. The molecule has 1 aliphatic rings. The molecule has 1 heterocycles. The second-order valence-corrected chi connectivity index (χ2v) is 11.0. The molecule has 0 spiro atoms. The fourth-order valence-corrected chi connectivity index (χ4v) is 4.71. The molecular formula is C32H33N3O16. The molecule has 5 rings (SSSR count). The van der Waals surface area contributed by atoms with Crippen molar-refractivity contribution in [1.29, 1.82) is 0 Å². The first-order chi connectivity index (χ1) is 24.0. The molecule has 3 atom stereocenters. The number of carbonyl (C=O) groups is 2. The van der Waals surface area contributed by atoms with Crippen LogP contribution in [0.15, 0.2) is 48.5 Å². The Morgan fingerprint density at radius 3 is 1.94 bits per heavy atom. The number of rotatable bonds is 8. The number of fused-ring (bicyclic) bond motifs is 1. The Balaban J connectivity index is 0.000000275. The second kappa shape index (κ2) is 15.2. The van der Waals surface area contributed by atoms with Gasteiger partial charge >= 0.3 is 5.97 Å². The standard InChI is InChI=1S/C22H18O11.C10H15N3O5/c23-10-5-12(24)11-7-18(33-22(31)9-3-15(27)20(30)16(28)4-9)21(32-17(11)6-10)8-1-13(25)19(29)14(26)2-8;11-6(4-14)10(18)13-12-3-5-1-2-7(15)9(17)8(5)16/h1-6,18,21,23-30H,7H2;1-2,6,12,14-17H,3-4,11H2,(H,13,18)/t18-,21-;/m1./s1. The third-order valence-corrected chi connectivity index (χ3v) is 7.39. The van der Waals surface area contributed by atoms with Gasteiger partial charge in [0.2, 0.25) is 5.75 Å². The van der Waals surface area contributed by atoms with Gasteiger partial charge in [-0.05, 0) is 30.3 Å². The maximum absolute atomic E-state index is 12.7. The molecule has 0 saturated heterocycles. The third-order valence-electron chi connectivity index (χ3n) is 7.39. The number of hydrogen-bond donors (Lipinski definition) is 15. The Hall–Kier alpha value is -6.70. The zero-order valence-corrected chi connectivity index (χ0v) is 26.0. The van der Waals surface area contributed by atoms with E-state index in [1.165, 1.54) is 18.2 Å². The highest BCUT2D eigenvalue weighted by Crippen LogP contribution is 2.46. The summed E-state index contributed by atoms with van der Waals surface area (Å²) < 4.78 is 11.3. The lowest BCUT2D eigenvalue weighted by atomic mass is 9.93. The molecule has 0 bridgehead atoms. The van der Waals surface area contributed by atoms with Gasteiger partial charge < -0.3 is 76.5 Å². The van der Waals surface area contributed by atoms with Crippen molar-refractivity contribution in [2.75, 3.05) is 6.61 Å². The van der Waals surface area contributed by atoms with Gasteiger partial charge in [-0.1, -0.05) is 6.07 Å². The first kappa shape index (κ1) is 37.1. The van der Waals surface area contributed by atoms with Gasteiger partial charge in [0.05, 0.1) is 12.2 Å². The van der Waals surface area contributed by atoms with Crippen LogP contribution in [0.1, 0.15) is 33.2 Å². The van der Waals surface area contributed by atoms with Crippen LogP contribution < -0.4 is 21.3 Å². The quantitative estimate of drug-likeness (QED) is 0.0669. The summed E-state index contributed by atoms with van der Waals surface area (Å²) in [6, 6.07) is 7.71. The normalized spacial score (nSPS) is 15.3. The molecule has 1 amide bonds. The predicted molar refractivity (Wildman–Crippen MR) is 170 cm³/mol. The number of phenols is 11. The van der Waals surface area contributed by atoms with Crippen molar-refractivity contribution >= 4 is 11.9 Å². The van der Waals surface area contributed by atoms with Gasteiger partial charge in [0.1, 0.15) is 29.4 Å².